The summed E-state index contributed by atoms with van der Waals surface area (Å²) in [5, 5.41) is 8.77. The topological polar surface area (TPSA) is 89.5 Å². The van der Waals surface area contributed by atoms with Crippen molar-refractivity contribution >= 4 is 17.5 Å². The Kier molecular flexibility index (Phi) is 8.08. The van der Waals surface area contributed by atoms with Crippen molar-refractivity contribution in [1.82, 2.24) is 10.3 Å². The summed E-state index contributed by atoms with van der Waals surface area (Å²) in [7, 11) is 4.80. The number of benzene rings is 2. The van der Waals surface area contributed by atoms with Crippen molar-refractivity contribution in [2.24, 2.45) is 5.10 Å². The van der Waals surface area contributed by atoms with E-state index in [-0.39, 0.29) is 24.8 Å². The number of nitrogens with one attached hydrogen (secondary N) is 1. The highest BCUT2D eigenvalue weighted by Crippen LogP contribution is 2.27. The molecule has 170 valence electrons. The molecule has 1 aliphatic heterocycles. The second-order valence-corrected chi connectivity index (χ2v) is 7.33. The Balaban J connectivity index is 1.49. The van der Waals surface area contributed by atoms with Gasteiger partial charge in [0.1, 0.15) is 5.75 Å². The monoisotopic (exact) mass is 439 g/mol. The first-order chi connectivity index (χ1) is 15.5. The van der Waals surface area contributed by atoms with Crippen molar-refractivity contribution in [3.05, 3.63) is 53.6 Å². The molecule has 8 heteroatoms. The lowest BCUT2D eigenvalue weighted by Crippen LogP contribution is -2.35. The van der Waals surface area contributed by atoms with Crippen LogP contribution in [-0.2, 0) is 16.0 Å². The van der Waals surface area contributed by atoms with Crippen molar-refractivity contribution in [2.45, 2.75) is 25.7 Å². The molecule has 0 saturated carbocycles. The predicted octanol–water partition coefficient (Wildman–Crippen LogP) is 2.79. The van der Waals surface area contributed by atoms with Gasteiger partial charge in [-0.2, -0.15) is 5.10 Å². The second-order valence-electron chi connectivity index (χ2n) is 7.33. The van der Waals surface area contributed by atoms with Crippen molar-refractivity contribution in [3.8, 4) is 17.2 Å². The SMILES string of the molecule is COc1ccc(C2=NN(CCC(=O)NCCc3ccc(OC)c(OC)c3)C(=O)CC2)cc1. The zero-order valence-corrected chi connectivity index (χ0v) is 18.7. The number of hydrogen-bond acceptors (Lipinski definition) is 6. The molecule has 1 N–H and O–H groups in total. The zero-order valence-electron chi connectivity index (χ0n) is 18.7. The molecule has 0 bridgehead atoms. The smallest absolute Gasteiger partial charge is 0.243 e. The maximum atomic E-state index is 12.3. The molecule has 0 saturated heterocycles. The van der Waals surface area contributed by atoms with Crippen LogP contribution in [0.1, 0.15) is 30.4 Å². The lowest BCUT2D eigenvalue weighted by Gasteiger charge is -2.23. The van der Waals surface area contributed by atoms with Gasteiger partial charge >= 0.3 is 0 Å². The van der Waals surface area contributed by atoms with Gasteiger partial charge in [0.25, 0.3) is 0 Å². The summed E-state index contributed by atoms with van der Waals surface area (Å²) in [6.07, 6.45) is 1.82. The second kappa shape index (κ2) is 11.2. The zero-order chi connectivity index (χ0) is 22.9. The molecule has 32 heavy (non-hydrogen) atoms. The van der Waals surface area contributed by atoms with Gasteiger partial charge in [0.15, 0.2) is 11.5 Å². The van der Waals surface area contributed by atoms with E-state index < -0.39 is 0 Å². The van der Waals surface area contributed by atoms with Gasteiger partial charge < -0.3 is 19.5 Å². The summed E-state index contributed by atoms with van der Waals surface area (Å²) in [5.41, 5.74) is 2.81. The van der Waals surface area contributed by atoms with Gasteiger partial charge in [0, 0.05) is 25.8 Å². The van der Waals surface area contributed by atoms with Crippen LogP contribution in [0.5, 0.6) is 17.2 Å². The van der Waals surface area contributed by atoms with Gasteiger partial charge in [-0.25, -0.2) is 5.01 Å². The summed E-state index contributed by atoms with van der Waals surface area (Å²) in [4.78, 5) is 24.5. The Morgan fingerprint density at radius 3 is 2.44 bits per heavy atom. The fourth-order valence-corrected chi connectivity index (χ4v) is 3.44. The van der Waals surface area contributed by atoms with E-state index in [0.29, 0.717) is 37.3 Å². The van der Waals surface area contributed by atoms with Gasteiger partial charge in [-0.1, -0.05) is 6.07 Å². The van der Waals surface area contributed by atoms with E-state index >= 15 is 0 Å². The summed E-state index contributed by atoms with van der Waals surface area (Å²) in [5.74, 6) is 1.90. The minimum atomic E-state index is -0.120. The third-order valence-corrected chi connectivity index (χ3v) is 5.26. The molecular weight excluding hydrogens is 410 g/mol. The minimum Gasteiger partial charge on any atom is -0.497 e. The molecule has 0 aliphatic carbocycles. The molecule has 2 aromatic rings. The standard InChI is InChI=1S/C24H29N3O5/c1-30-19-7-5-18(6-8-19)20-9-11-24(29)27(26-20)15-13-23(28)25-14-12-17-4-10-21(31-2)22(16-17)32-3/h4-8,10,16H,9,11-15H2,1-3H3,(H,25,28). The van der Waals surface area contributed by atoms with Crippen LogP contribution >= 0.6 is 0 Å². The van der Waals surface area contributed by atoms with Gasteiger partial charge in [0.05, 0.1) is 33.6 Å². The molecule has 0 fully saturated rings. The van der Waals surface area contributed by atoms with Gasteiger partial charge in [0.2, 0.25) is 11.8 Å². The molecular formula is C24H29N3O5. The number of rotatable bonds is 10. The number of methoxy groups -OCH3 is 3. The first kappa shape index (κ1) is 23.1. The molecule has 0 unspecified atom stereocenters. The molecule has 1 aliphatic rings. The van der Waals surface area contributed by atoms with Crippen LogP contribution in [0.25, 0.3) is 0 Å². The number of carbonyl (C=O) groups is 2. The summed E-state index contributed by atoms with van der Waals surface area (Å²) >= 11 is 0. The van der Waals surface area contributed by atoms with E-state index in [1.54, 1.807) is 21.3 Å². The van der Waals surface area contributed by atoms with Crippen molar-refractivity contribution in [3.63, 3.8) is 0 Å². The molecule has 8 nitrogen and oxygen atoms in total. The minimum absolute atomic E-state index is 0.0691. The maximum absolute atomic E-state index is 12.3. The Bertz CT molecular complexity index is 972. The van der Waals surface area contributed by atoms with Crippen LogP contribution in [0, 0.1) is 0 Å². The summed E-state index contributed by atoms with van der Waals surface area (Å²) < 4.78 is 15.7. The quantitative estimate of drug-likeness (QED) is 0.615. The lowest BCUT2D eigenvalue weighted by atomic mass is 10.0. The normalized spacial score (nSPS) is 13.4. The highest BCUT2D eigenvalue weighted by Gasteiger charge is 2.22. The predicted molar refractivity (Wildman–Crippen MR) is 121 cm³/mol. The van der Waals surface area contributed by atoms with Gasteiger partial charge in [-0.15, -0.1) is 0 Å². The number of amides is 2. The van der Waals surface area contributed by atoms with Gasteiger partial charge in [-0.3, -0.25) is 9.59 Å². The average molecular weight is 440 g/mol. The van der Waals surface area contributed by atoms with E-state index in [2.05, 4.69) is 10.4 Å². The molecule has 0 aromatic heterocycles. The fraction of sp³-hybridized carbons (Fsp3) is 0.375. The van der Waals surface area contributed by atoms with Crippen LogP contribution < -0.4 is 19.5 Å². The number of carbonyl (C=O) groups excluding carboxylic acids is 2. The Hall–Kier alpha value is -3.55. The highest BCUT2D eigenvalue weighted by atomic mass is 16.5. The number of ether oxygens (including phenoxy) is 3. The Morgan fingerprint density at radius 2 is 1.75 bits per heavy atom. The van der Waals surface area contributed by atoms with Crippen LogP contribution in [-0.4, -0.2) is 57.0 Å². The third kappa shape index (κ3) is 6.00. The molecule has 0 radical (unpaired) electrons. The van der Waals surface area contributed by atoms with E-state index in [1.165, 1.54) is 5.01 Å². The molecule has 3 rings (SSSR count). The van der Waals surface area contributed by atoms with Crippen molar-refractivity contribution in [2.75, 3.05) is 34.4 Å². The number of hydrazone groups is 1. The largest absolute Gasteiger partial charge is 0.497 e. The summed E-state index contributed by atoms with van der Waals surface area (Å²) in [6, 6.07) is 13.3. The Morgan fingerprint density at radius 1 is 1.00 bits per heavy atom. The van der Waals surface area contributed by atoms with Crippen LogP contribution in [0.15, 0.2) is 47.6 Å². The molecule has 2 aromatic carbocycles. The van der Waals surface area contributed by atoms with Gasteiger partial charge in [-0.05, 0) is 53.9 Å². The summed E-state index contributed by atoms with van der Waals surface area (Å²) in [6.45, 7) is 0.739. The lowest BCUT2D eigenvalue weighted by molar-refractivity contribution is -0.132. The molecule has 0 spiro atoms. The van der Waals surface area contributed by atoms with Crippen LogP contribution in [0.2, 0.25) is 0 Å². The fourth-order valence-electron chi connectivity index (χ4n) is 3.44. The van der Waals surface area contributed by atoms with Crippen LogP contribution in [0.4, 0.5) is 0 Å². The maximum Gasteiger partial charge on any atom is 0.243 e. The highest BCUT2D eigenvalue weighted by molar-refractivity contribution is 6.04. The number of nitrogens with zero attached hydrogens (tertiary/aromatic N) is 2. The van der Waals surface area contributed by atoms with Crippen molar-refractivity contribution in [1.29, 1.82) is 0 Å². The molecule has 1 heterocycles. The van der Waals surface area contributed by atoms with E-state index in [4.69, 9.17) is 14.2 Å². The first-order valence-electron chi connectivity index (χ1n) is 10.5. The molecule has 2 amide bonds. The van der Waals surface area contributed by atoms with E-state index in [9.17, 15) is 9.59 Å². The van der Waals surface area contributed by atoms with E-state index in [0.717, 1.165) is 22.6 Å². The average Bonchev–Trinajstić information content (AvgIpc) is 2.83. The first-order valence-corrected chi connectivity index (χ1v) is 10.5. The number of hydrogen-bond donors (Lipinski definition) is 1. The van der Waals surface area contributed by atoms with Crippen LogP contribution in [0.3, 0.4) is 0 Å². The third-order valence-electron chi connectivity index (χ3n) is 5.26. The van der Waals surface area contributed by atoms with Crippen molar-refractivity contribution < 1.29 is 23.8 Å². The Labute approximate surface area is 188 Å². The van der Waals surface area contributed by atoms with E-state index in [1.807, 2.05) is 42.5 Å². The molecule has 0 atom stereocenters.